The Hall–Kier alpha value is -3.02. The van der Waals surface area contributed by atoms with E-state index in [0.29, 0.717) is 11.4 Å². The monoisotopic (exact) mass is 342 g/mol. The van der Waals surface area contributed by atoms with Gasteiger partial charge in [0.2, 0.25) is 0 Å². The van der Waals surface area contributed by atoms with Crippen LogP contribution < -0.4 is 15.0 Å². The second-order valence-corrected chi connectivity index (χ2v) is 5.56. The second-order valence-electron chi connectivity index (χ2n) is 5.56. The highest BCUT2D eigenvalue weighted by Crippen LogP contribution is 2.15. The number of amides is 1. The highest BCUT2D eigenvalue weighted by atomic mass is 16.5. The van der Waals surface area contributed by atoms with Gasteiger partial charge in [-0.05, 0) is 36.4 Å². The first-order valence-corrected chi connectivity index (χ1v) is 7.95. The van der Waals surface area contributed by atoms with E-state index in [-0.39, 0.29) is 25.5 Å². The zero-order valence-corrected chi connectivity index (χ0v) is 14.4. The van der Waals surface area contributed by atoms with Crippen LogP contribution >= 0.6 is 0 Å². The lowest BCUT2D eigenvalue weighted by Crippen LogP contribution is -2.21. The third-order valence-electron chi connectivity index (χ3n) is 3.35. The van der Waals surface area contributed by atoms with Crippen LogP contribution in [0.4, 0.5) is 11.4 Å². The first kappa shape index (κ1) is 18.3. The Balaban J connectivity index is 1.66. The molecule has 0 bridgehead atoms. The smallest absolute Gasteiger partial charge is 0.309 e. The SMILES string of the molecule is CN(C)c1ccc(NC(=O)COC(=O)CCOc2ccccc2)cc1. The Labute approximate surface area is 147 Å². The molecule has 2 aromatic carbocycles. The first-order chi connectivity index (χ1) is 12.0. The van der Waals surface area contributed by atoms with Gasteiger partial charge in [-0.3, -0.25) is 9.59 Å². The fourth-order valence-corrected chi connectivity index (χ4v) is 2.03. The number of esters is 1. The molecule has 1 amide bonds. The predicted molar refractivity (Wildman–Crippen MR) is 96.9 cm³/mol. The van der Waals surface area contributed by atoms with Gasteiger partial charge in [-0.15, -0.1) is 0 Å². The molecule has 1 N–H and O–H groups in total. The molecule has 132 valence electrons. The number of rotatable bonds is 8. The van der Waals surface area contributed by atoms with Gasteiger partial charge in [0.15, 0.2) is 6.61 Å². The molecular formula is C19H22N2O4. The van der Waals surface area contributed by atoms with Crippen LogP contribution in [0.15, 0.2) is 54.6 Å². The number of benzene rings is 2. The molecule has 6 nitrogen and oxygen atoms in total. The lowest BCUT2D eigenvalue weighted by Gasteiger charge is -2.13. The topological polar surface area (TPSA) is 67.9 Å². The molecule has 0 aliphatic carbocycles. The minimum Gasteiger partial charge on any atom is -0.493 e. The maximum Gasteiger partial charge on any atom is 0.309 e. The van der Waals surface area contributed by atoms with Crippen molar-refractivity contribution in [2.45, 2.75) is 6.42 Å². The van der Waals surface area contributed by atoms with Crippen LogP contribution in [-0.2, 0) is 14.3 Å². The maximum atomic E-state index is 11.8. The molecule has 6 heteroatoms. The normalized spacial score (nSPS) is 10.0. The minimum absolute atomic E-state index is 0.0830. The Morgan fingerprint density at radius 2 is 1.68 bits per heavy atom. The zero-order chi connectivity index (χ0) is 18.1. The number of nitrogens with zero attached hydrogens (tertiary/aromatic N) is 1. The molecule has 0 aliphatic rings. The number of anilines is 2. The molecule has 0 heterocycles. The zero-order valence-electron chi connectivity index (χ0n) is 14.4. The molecule has 0 fully saturated rings. The van der Waals surface area contributed by atoms with Gasteiger partial charge >= 0.3 is 5.97 Å². The Kier molecular flexibility index (Phi) is 6.83. The van der Waals surface area contributed by atoms with Crippen LogP contribution in [0.25, 0.3) is 0 Å². The molecule has 0 spiro atoms. The summed E-state index contributed by atoms with van der Waals surface area (Å²) in [6.45, 7) is -0.115. The molecular weight excluding hydrogens is 320 g/mol. The van der Waals surface area contributed by atoms with Crippen LogP contribution in [0.5, 0.6) is 5.75 Å². The van der Waals surface area contributed by atoms with Crippen molar-refractivity contribution in [3.05, 3.63) is 54.6 Å². The largest absolute Gasteiger partial charge is 0.493 e. The molecule has 0 saturated carbocycles. The van der Waals surface area contributed by atoms with Gasteiger partial charge in [-0.25, -0.2) is 0 Å². The van der Waals surface area contributed by atoms with Gasteiger partial charge in [0.1, 0.15) is 5.75 Å². The molecule has 0 aliphatic heterocycles. The number of para-hydroxylation sites is 1. The summed E-state index contributed by atoms with van der Waals surface area (Å²) < 4.78 is 10.3. The fourth-order valence-electron chi connectivity index (χ4n) is 2.03. The summed E-state index contributed by atoms with van der Waals surface area (Å²) in [4.78, 5) is 25.4. The van der Waals surface area contributed by atoms with E-state index in [4.69, 9.17) is 9.47 Å². The predicted octanol–water partition coefficient (Wildman–Crippen LogP) is 2.70. The van der Waals surface area contributed by atoms with Gasteiger partial charge in [0.25, 0.3) is 5.91 Å². The van der Waals surface area contributed by atoms with Crippen molar-refractivity contribution >= 4 is 23.3 Å². The highest BCUT2D eigenvalue weighted by Gasteiger charge is 2.08. The Morgan fingerprint density at radius 1 is 1.00 bits per heavy atom. The van der Waals surface area contributed by atoms with E-state index in [2.05, 4.69) is 5.32 Å². The number of hydrogen-bond acceptors (Lipinski definition) is 5. The quantitative estimate of drug-likeness (QED) is 0.747. The fraction of sp³-hybridized carbons (Fsp3) is 0.263. The van der Waals surface area contributed by atoms with Crippen LogP contribution in [0, 0.1) is 0 Å². The van der Waals surface area contributed by atoms with Crippen molar-refractivity contribution in [3.8, 4) is 5.75 Å². The summed E-state index contributed by atoms with van der Waals surface area (Å²) in [5, 5.41) is 2.68. The third kappa shape index (κ3) is 6.55. The molecule has 0 aromatic heterocycles. The number of ether oxygens (including phenoxy) is 2. The summed E-state index contributed by atoms with van der Waals surface area (Å²) in [7, 11) is 3.88. The van der Waals surface area contributed by atoms with Crippen molar-refractivity contribution in [1.29, 1.82) is 0 Å². The molecule has 0 radical (unpaired) electrons. The van der Waals surface area contributed by atoms with E-state index in [1.54, 1.807) is 24.3 Å². The van der Waals surface area contributed by atoms with Crippen molar-refractivity contribution in [1.82, 2.24) is 0 Å². The number of carbonyl (C=O) groups excluding carboxylic acids is 2. The standard InChI is InChI=1S/C19H22N2O4/c1-21(2)16-10-8-15(9-11-16)20-18(22)14-25-19(23)12-13-24-17-6-4-3-5-7-17/h3-11H,12-14H2,1-2H3,(H,20,22). The van der Waals surface area contributed by atoms with E-state index in [0.717, 1.165) is 5.69 Å². The summed E-state index contributed by atoms with van der Waals surface area (Å²) in [5.41, 5.74) is 1.68. The van der Waals surface area contributed by atoms with E-state index >= 15 is 0 Å². The molecule has 0 unspecified atom stereocenters. The average Bonchev–Trinajstić information content (AvgIpc) is 2.61. The highest BCUT2D eigenvalue weighted by molar-refractivity contribution is 5.92. The van der Waals surface area contributed by atoms with Crippen LogP contribution in [0.1, 0.15) is 6.42 Å². The van der Waals surface area contributed by atoms with Crippen molar-refractivity contribution < 1.29 is 19.1 Å². The summed E-state index contributed by atoms with van der Waals surface area (Å²) in [5.74, 6) is -0.168. The van der Waals surface area contributed by atoms with Gasteiger partial charge in [0, 0.05) is 25.5 Å². The third-order valence-corrected chi connectivity index (χ3v) is 3.35. The molecule has 0 saturated heterocycles. The summed E-state index contributed by atoms with van der Waals surface area (Å²) in [6.07, 6.45) is 0.0830. The van der Waals surface area contributed by atoms with Crippen LogP contribution in [0.3, 0.4) is 0 Å². The first-order valence-electron chi connectivity index (χ1n) is 7.95. The van der Waals surface area contributed by atoms with E-state index in [1.807, 2.05) is 49.3 Å². The lowest BCUT2D eigenvalue weighted by molar-refractivity contribution is -0.147. The Morgan fingerprint density at radius 3 is 2.32 bits per heavy atom. The van der Waals surface area contributed by atoms with Crippen LogP contribution in [0.2, 0.25) is 0 Å². The second kappa shape index (κ2) is 9.32. The van der Waals surface area contributed by atoms with Crippen molar-refractivity contribution in [2.24, 2.45) is 0 Å². The molecule has 2 aromatic rings. The summed E-state index contributed by atoms with van der Waals surface area (Å²) in [6, 6.07) is 16.6. The Bertz CT molecular complexity index is 684. The van der Waals surface area contributed by atoms with Crippen molar-refractivity contribution in [2.75, 3.05) is 37.5 Å². The number of hydrogen-bond donors (Lipinski definition) is 1. The van der Waals surface area contributed by atoms with E-state index < -0.39 is 5.97 Å². The maximum absolute atomic E-state index is 11.8. The van der Waals surface area contributed by atoms with Gasteiger partial charge in [0.05, 0.1) is 13.0 Å². The van der Waals surface area contributed by atoms with E-state index in [1.165, 1.54) is 0 Å². The number of carbonyl (C=O) groups is 2. The van der Waals surface area contributed by atoms with Gasteiger partial charge in [-0.2, -0.15) is 0 Å². The summed E-state index contributed by atoms with van der Waals surface area (Å²) >= 11 is 0. The van der Waals surface area contributed by atoms with Crippen molar-refractivity contribution in [3.63, 3.8) is 0 Å². The minimum atomic E-state index is -0.478. The lowest BCUT2D eigenvalue weighted by atomic mass is 10.2. The van der Waals surface area contributed by atoms with Crippen LogP contribution in [-0.4, -0.2) is 39.2 Å². The molecule has 25 heavy (non-hydrogen) atoms. The number of nitrogens with one attached hydrogen (secondary N) is 1. The van der Waals surface area contributed by atoms with Gasteiger partial charge in [-0.1, -0.05) is 18.2 Å². The molecule has 0 atom stereocenters. The molecule has 2 rings (SSSR count). The average molecular weight is 342 g/mol. The van der Waals surface area contributed by atoms with E-state index in [9.17, 15) is 9.59 Å². The van der Waals surface area contributed by atoms with Gasteiger partial charge < -0.3 is 19.7 Å².